The molecule has 1 aromatic carbocycles. The summed E-state index contributed by atoms with van der Waals surface area (Å²) < 4.78 is 40.2. The standard InChI is InChI=1S/C17H18F3NO2/c1-2-12(22)7-14-15-9-21(10-16(14)15)8-11-3-5-13(6-4-11)23-17(18,19)20/h2-6,14-16H,1,7-10H2/t14?,15-,16+. The second kappa shape index (κ2) is 6.00. The molecule has 1 saturated carbocycles. The van der Waals surface area contributed by atoms with Crippen LogP contribution in [-0.2, 0) is 11.3 Å². The van der Waals surface area contributed by atoms with Gasteiger partial charge in [-0.15, -0.1) is 13.2 Å². The Labute approximate surface area is 132 Å². The fourth-order valence-corrected chi connectivity index (χ4v) is 3.54. The number of halogens is 3. The lowest BCUT2D eigenvalue weighted by molar-refractivity contribution is -0.274. The molecule has 23 heavy (non-hydrogen) atoms. The van der Waals surface area contributed by atoms with Crippen molar-refractivity contribution < 1.29 is 22.7 Å². The van der Waals surface area contributed by atoms with E-state index in [1.165, 1.54) is 18.2 Å². The van der Waals surface area contributed by atoms with Crippen LogP contribution in [0.4, 0.5) is 13.2 Å². The van der Waals surface area contributed by atoms with Gasteiger partial charge in [-0.05, 0) is 41.5 Å². The number of likely N-dealkylation sites (tertiary alicyclic amines) is 1. The van der Waals surface area contributed by atoms with Crippen LogP contribution in [0.15, 0.2) is 36.9 Å². The molecular formula is C17H18F3NO2. The first-order valence-corrected chi connectivity index (χ1v) is 7.58. The Morgan fingerprint density at radius 1 is 1.26 bits per heavy atom. The Hall–Kier alpha value is -1.82. The second-order valence-corrected chi connectivity index (χ2v) is 6.25. The van der Waals surface area contributed by atoms with Crippen molar-refractivity contribution in [2.24, 2.45) is 17.8 Å². The third kappa shape index (κ3) is 3.93. The Balaban J connectivity index is 1.47. The zero-order valence-electron chi connectivity index (χ0n) is 12.6. The number of carbonyl (C=O) groups is 1. The Kier molecular flexibility index (Phi) is 4.19. The smallest absolute Gasteiger partial charge is 0.406 e. The SMILES string of the molecule is C=CC(=O)CC1[C@H]2CN(Cc3ccc(OC(F)(F)F)cc3)C[C@@H]12. The molecular weight excluding hydrogens is 307 g/mol. The number of piperidine rings is 1. The Morgan fingerprint density at radius 3 is 2.39 bits per heavy atom. The minimum absolute atomic E-state index is 0.108. The summed E-state index contributed by atoms with van der Waals surface area (Å²) in [7, 11) is 0. The van der Waals surface area contributed by atoms with Crippen LogP contribution in [0.5, 0.6) is 5.75 Å². The zero-order chi connectivity index (χ0) is 16.6. The van der Waals surface area contributed by atoms with E-state index in [1.54, 1.807) is 12.1 Å². The number of ether oxygens (including phenoxy) is 1. The minimum atomic E-state index is -4.66. The lowest BCUT2D eigenvalue weighted by Crippen LogP contribution is -2.24. The molecule has 1 unspecified atom stereocenters. The van der Waals surface area contributed by atoms with E-state index in [1.807, 2.05) is 0 Å². The summed E-state index contributed by atoms with van der Waals surface area (Å²) in [6.45, 7) is 6.09. The Bertz CT molecular complexity index is 585. The van der Waals surface area contributed by atoms with Gasteiger partial charge in [0.25, 0.3) is 0 Å². The van der Waals surface area contributed by atoms with Crippen molar-refractivity contribution in [3.05, 3.63) is 42.5 Å². The average molecular weight is 325 g/mol. The van der Waals surface area contributed by atoms with Gasteiger partial charge in [-0.3, -0.25) is 9.69 Å². The number of ketones is 1. The molecule has 0 spiro atoms. The largest absolute Gasteiger partial charge is 0.573 e. The summed E-state index contributed by atoms with van der Waals surface area (Å²) in [5, 5.41) is 0. The lowest BCUT2D eigenvalue weighted by atomic mass is 10.1. The molecule has 0 amide bonds. The molecule has 0 aromatic heterocycles. The summed E-state index contributed by atoms with van der Waals surface area (Å²) in [5.41, 5.74) is 0.958. The van der Waals surface area contributed by atoms with Crippen LogP contribution in [0.3, 0.4) is 0 Å². The van der Waals surface area contributed by atoms with Crippen LogP contribution in [0.2, 0.25) is 0 Å². The predicted molar refractivity (Wildman–Crippen MR) is 78.7 cm³/mol. The van der Waals surface area contributed by atoms with Crippen molar-refractivity contribution in [1.82, 2.24) is 4.90 Å². The molecule has 0 radical (unpaired) electrons. The highest BCUT2D eigenvalue weighted by molar-refractivity contribution is 5.89. The molecule has 6 heteroatoms. The third-order valence-corrected chi connectivity index (χ3v) is 4.67. The van der Waals surface area contributed by atoms with Gasteiger partial charge in [0.1, 0.15) is 5.75 Å². The normalized spacial score (nSPS) is 26.7. The molecule has 2 fully saturated rings. The van der Waals surface area contributed by atoms with Crippen molar-refractivity contribution in [2.45, 2.75) is 19.3 Å². The number of benzene rings is 1. The van der Waals surface area contributed by atoms with E-state index in [9.17, 15) is 18.0 Å². The van der Waals surface area contributed by atoms with Crippen LogP contribution in [0, 0.1) is 17.8 Å². The van der Waals surface area contributed by atoms with Crippen molar-refractivity contribution in [1.29, 1.82) is 0 Å². The van der Waals surface area contributed by atoms with E-state index >= 15 is 0 Å². The monoisotopic (exact) mass is 325 g/mol. The van der Waals surface area contributed by atoms with E-state index in [0.29, 0.717) is 30.7 Å². The second-order valence-electron chi connectivity index (χ2n) is 6.25. The van der Waals surface area contributed by atoms with Crippen molar-refractivity contribution in [3.63, 3.8) is 0 Å². The number of carbonyl (C=O) groups excluding carboxylic acids is 1. The number of fused-ring (bicyclic) bond motifs is 1. The molecule has 3 nitrogen and oxygen atoms in total. The highest BCUT2D eigenvalue weighted by Gasteiger charge is 2.55. The number of nitrogens with zero attached hydrogens (tertiary/aromatic N) is 1. The zero-order valence-corrected chi connectivity index (χ0v) is 12.6. The van der Waals surface area contributed by atoms with Crippen molar-refractivity contribution in [2.75, 3.05) is 13.1 Å². The van der Waals surface area contributed by atoms with Crippen LogP contribution in [0.1, 0.15) is 12.0 Å². The molecule has 1 aromatic rings. The fraction of sp³-hybridized carbons (Fsp3) is 0.471. The molecule has 1 aliphatic heterocycles. The number of hydrogen-bond donors (Lipinski definition) is 0. The number of allylic oxidation sites excluding steroid dienone is 1. The topological polar surface area (TPSA) is 29.5 Å². The number of alkyl halides is 3. The summed E-state index contributed by atoms with van der Waals surface area (Å²) in [5.74, 6) is 1.54. The van der Waals surface area contributed by atoms with Crippen LogP contribution < -0.4 is 4.74 Å². The van der Waals surface area contributed by atoms with Gasteiger partial charge < -0.3 is 4.74 Å². The minimum Gasteiger partial charge on any atom is -0.406 e. The molecule has 1 saturated heterocycles. The molecule has 1 aliphatic carbocycles. The maximum absolute atomic E-state index is 12.1. The quantitative estimate of drug-likeness (QED) is 0.751. The van der Waals surface area contributed by atoms with E-state index < -0.39 is 6.36 Å². The first-order chi connectivity index (χ1) is 10.9. The highest BCUT2D eigenvalue weighted by atomic mass is 19.4. The van der Waals surface area contributed by atoms with Gasteiger partial charge in [-0.2, -0.15) is 0 Å². The first-order valence-electron chi connectivity index (χ1n) is 7.58. The molecule has 124 valence electrons. The van der Waals surface area contributed by atoms with Gasteiger partial charge in [0.2, 0.25) is 0 Å². The fourth-order valence-electron chi connectivity index (χ4n) is 3.54. The van der Waals surface area contributed by atoms with Crippen LogP contribution in [0.25, 0.3) is 0 Å². The maximum atomic E-state index is 12.1. The summed E-state index contributed by atoms with van der Waals surface area (Å²) >= 11 is 0. The summed E-state index contributed by atoms with van der Waals surface area (Å²) in [4.78, 5) is 13.7. The van der Waals surface area contributed by atoms with E-state index in [-0.39, 0.29) is 11.5 Å². The predicted octanol–water partition coefficient (Wildman–Crippen LogP) is 3.41. The molecule has 0 bridgehead atoms. The van der Waals surface area contributed by atoms with Crippen molar-refractivity contribution in [3.8, 4) is 5.75 Å². The molecule has 3 atom stereocenters. The van der Waals surface area contributed by atoms with Gasteiger partial charge in [-0.1, -0.05) is 18.7 Å². The lowest BCUT2D eigenvalue weighted by Gasteiger charge is -2.19. The van der Waals surface area contributed by atoms with Crippen LogP contribution >= 0.6 is 0 Å². The molecule has 3 rings (SSSR count). The molecule has 0 N–H and O–H groups in total. The van der Waals surface area contributed by atoms with Gasteiger partial charge in [0.05, 0.1) is 0 Å². The van der Waals surface area contributed by atoms with Gasteiger partial charge in [-0.25, -0.2) is 0 Å². The average Bonchev–Trinajstić information content (AvgIpc) is 2.92. The highest BCUT2D eigenvalue weighted by Crippen LogP contribution is 2.53. The maximum Gasteiger partial charge on any atom is 0.573 e. The number of hydrogen-bond acceptors (Lipinski definition) is 3. The van der Waals surface area contributed by atoms with Crippen LogP contribution in [-0.4, -0.2) is 30.1 Å². The van der Waals surface area contributed by atoms with Gasteiger partial charge >= 0.3 is 6.36 Å². The van der Waals surface area contributed by atoms with E-state index in [4.69, 9.17) is 0 Å². The Morgan fingerprint density at radius 2 is 1.87 bits per heavy atom. The molecule has 2 aliphatic rings. The number of rotatable bonds is 6. The third-order valence-electron chi connectivity index (χ3n) is 4.67. The van der Waals surface area contributed by atoms with E-state index in [0.717, 1.165) is 18.7 Å². The summed E-state index contributed by atoms with van der Waals surface area (Å²) in [6.07, 6.45) is -2.68. The van der Waals surface area contributed by atoms with E-state index in [2.05, 4.69) is 16.2 Å². The van der Waals surface area contributed by atoms with Gasteiger partial charge in [0, 0.05) is 26.1 Å². The molecule has 1 heterocycles. The first kappa shape index (κ1) is 16.1. The summed E-state index contributed by atoms with van der Waals surface area (Å²) in [6, 6.07) is 5.99. The van der Waals surface area contributed by atoms with Crippen molar-refractivity contribution >= 4 is 5.78 Å². The van der Waals surface area contributed by atoms with Gasteiger partial charge in [0.15, 0.2) is 5.78 Å².